The summed E-state index contributed by atoms with van der Waals surface area (Å²) in [5.41, 5.74) is 10.4. The van der Waals surface area contributed by atoms with Crippen molar-refractivity contribution in [2.24, 2.45) is 24.1 Å². The molecule has 59 heavy (non-hydrogen) atoms. The Kier molecular flexibility index (Phi) is 10.8. The van der Waals surface area contributed by atoms with Crippen LogP contribution >= 0.6 is 11.3 Å². The molecule has 0 saturated carbocycles. The standard InChI is InChI=1S/C43H50N6O9S/c1-24(2)36(44)42(55)58-23-48-35(50)9-8-32(41(48)54)49-39(52)27-7-6-26(18-29(27)40(49)53)47-21-43(22-47)11-13-46(14-12-43)20-31-33(56-4)16-25(17-34(31)57-5)30-19-45(3)38(51)28-10-15-59-37(28)30/h6-7,10,15-19,24,32,36,40,53H,8-9,11-14,20-23,44H2,1-5H3/t32?,36-,40?/m0/s1. The van der Waals surface area contributed by atoms with Crippen LogP contribution in [0.3, 0.4) is 0 Å². The van der Waals surface area contributed by atoms with Gasteiger partial charge in [0.1, 0.15) is 23.6 Å². The van der Waals surface area contributed by atoms with Gasteiger partial charge in [0, 0.05) is 71.8 Å². The molecule has 6 heterocycles. The fourth-order valence-corrected chi connectivity index (χ4v) is 9.86. The number of amides is 3. The predicted octanol–water partition coefficient (Wildman–Crippen LogP) is 3.83. The summed E-state index contributed by atoms with van der Waals surface area (Å²) in [6.07, 6.45) is 2.48. The van der Waals surface area contributed by atoms with Crippen molar-refractivity contribution in [3.63, 3.8) is 0 Å². The van der Waals surface area contributed by atoms with E-state index in [-0.39, 0.29) is 29.7 Å². The number of carbonyl (C=O) groups is 4. The molecule has 3 atom stereocenters. The molecule has 4 aliphatic heterocycles. The molecule has 8 rings (SSSR count). The number of ether oxygens (including phenoxy) is 3. The number of hydrogen-bond acceptors (Lipinski definition) is 13. The Morgan fingerprint density at radius 3 is 2.36 bits per heavy atom. The summed E-state index contributed by atoms with van der Waals surface area (Å²) in [6, 6.07) is 9.31. The molecule has 3 fully saturated rings. The lowest BCUT2D eigenvalue weighted by atomic mass is 9.71. The van der Waals surface area contributed by atoms with Gasteiger partial charge in [-0.25, -0.2) is 4.90 Å². The number of aliphatic hydroxyl groups excluding tert-OH is 1. The van der Waals surface area contributed by atoms with Gasteiger partial charge in [0.2, 0.25) is 5.91 Å². The fourth-order valence-electron chi connectivity index (χ4n) is 8.94. The highest BCUT2D eigenvalue weighted by Gasteiger charge is 2.49. The van der Waals surface area contributed by atoms with Crippen LogP contribution in [0.2, 0.25) is 0 Å². The average Bonchev–Trinajstić information content (AvgIpc) is 3.81. The first-order chi connectivity index (χ1) is 28.2. The van der Waals surface area contributed by atoms with E-state index >= 15 is 0 Å². The second kappa shape index (κ2) is 15.7. The number of pyridine rings is 1. The van der Waals surface area contributed by atoms with Crippen LogP contribution in [0.1, 0.15) is 67.2 Å². The summed E-state index contributed by atoms with van der Waals surface area (Å²) in [5.74, 6) is -1.20. The van der Waals surface area contributed by atoms with E-state index in [0.717, 1.165) is 87.4 Å². The van der Waals surface area contributed by atoms with Crippen molar-refractivity contribution in [3.05, 3.63) is 75.0 Å². The Bertz CT molecular complexity index is 2370. The lowest BCUT2D eigenvalue weighted by molar-refractivity contribution is -0.167. The minimum atomic E-state index is -1.38. The number of hydrogen-bond donors (Lipinski definition) is 2. The van der Waals surface area contributed by atoms with E-state index in [1.165, 1.54) is 0 Å². The van der Waals surface area contributed by atoms with Crippen molar-refractivity contribution in [1.82, 2.24) is 19.3 Å². The monoisotopic (exact) mass is 826 g/mol. The Balaban J connectivity index is 0.900. The zero-order chi connectivity index (χ0) is 41.9. The Hall–Kier alpha value is -5.29. The summed E-state index contributed by atoms with van der Waals surface area (Å²) in [6.45, 7) is 7.02. The molecule has 0 bridgehead atoms. The first-order valence-electron chi connectivity index (χ1n) is 19.9. The number of imide groups is 1. The lowest BCUT2D eigenvalue weighted by Gasteiger charge is -2.55. The normalized spacial score (nSPS) is 21.0. The fraction of sp³-hybridized carbons (Fsp3) is 0.465. The maximum Gasteiger partial charge on any atom is 0.324 e. The Morgan fingerprint density at radius 1 is 1.00 bits per heavy atom. The second-order valence-corrected chi connectivity index (χ2v) is 17.5. The third-order valence-corrected chi connectivity index (χ3v) is 13.6. The van der Waals surface area contributed by atoms with E-state index in [1.54, 1.807) is 57.1 Å². The predicted molar refractivity (Wildman–Crippen MR) is 221 cm³/mol. The van der Waals surface area contributed by atoms with Crippen LogP contribution in [-0.4, -0.2) is 107 Å². The van der Waals surface area contributed by atoms with Crippen LogP contribution in [-0.2, 0) is 32.7 Å². The molecule has 3 N–H and O–H groups in total. The molecule has 312 valence electrons. The van der Waals surface area contributed by atoms with Crippen molar-refractivity contribution >= 4 is 50.8 Å². The molecule has 0 aliphatic carbocycles. The van der Waals surface area contributed by atoms with E-state index in [9.17, 15) is 29.1 Å². The van der Waals surface area contributed by atoms with Crippen LogP contribution in [0.15, 0.2) is 52.8 Å². The van der Waals surface area contributed by atoms with Crippen LogP contribution in [0.4, 0.5) is 5.69 Å². The highest BCUT2D eigenvalue weighted by atomic mass is 32.1. The van der Waals surface area contributed by atoms with Gasteiger partial charge in [-0.1, -0.05) is 13.8 Å². The largest absolute Gasteiger partial charge is 0.496 e. The summed E-state index contributed by atoms with van der Waals surface area (Å²) < 4.78 is 19.6. The zero-order valence-corrected chi connectivity index (χ0v) is 34.8. The number of anilines is 1. The molecule has 2 aromatic carbocycles. The molecule has 0 radical (unpaired) electrons. The van der Waals surface area contributed by atoms with Crippen LogP contribution in [0, 0.1) is 11.3 Å². The molecular formula is C43H50N6O9S. The summed E-state index contributed by atoms with van der Waals surface area (Å²) in [7, 11) is 5.10. The number of nitrogens with zero attached hydrogens (tertiary/aromatic N) is 5. The molecule has 2 aromatic heterocycles. The minimum absolute atomic E-state index is 0.0268. The number of carbonyl (C=O) groups excluding carboxylic acids is 4. The van der Waals surface area contributed by atoms with Crippen molar-refractivity contribution in [2.75, 3.05) is 52.0 Å². The summed E-state index contributed by atoms with van der Waals surface area (Å²) in [5, 5.41) is 14.1. The molecule has 3 amide bonds. The number of esters is 1. The van der Waals surface area contributed by atoms with E-state index in [4.69, 9.17) is 19.9 Å². The number of methoxy groups -OCH3 is 2. The third-order valence-electron chi connectivity index (χ3n) is 12.6. The molecular weight excluding hydrogens is 777 g/mol. The average molecular weight is 827 g/mol. The first kappa shape index (κ1) is 40.5. The molecule has 15 nitrogen and oxygen atoms in total. The molecule has 3 saturated heterocycles. The van der Waals surface area contributed by atoms with Crippen LogP contribution in [0.25, 0.3) is 21.2 Å². The number of rotatable bonds is 11. The van der Waals surface area contributed by atoms with Crippen LogP contribution in [0.5, 0.6) is 11.5 Å². The number of fused-ring (bicyclic) bond motifs is 2. The maximum atomic E-state index is 13.6. The highest BCUT2D eigenvalue weighted by Crippen LogP contribution is 2.46. The number of likely N-dealkylation sites (tertiary alicyclic amines) is 2. The van der Waals surface area contributed by atoms with Gasteiger partial charge in [-0.15, -0.1) is 11.3 Å². The quantitative estimate of drug-likeness (QED) is 0.165. The van der Waals surface area contributed by atoms with Crippen molar-refractivity contribution in [2.45, 2.75) is 64.4 Å². The van der Waals surface area contributed by atoms with Gasteiger partial charge < -0.3 is 34.5 Å². The smallest absolute Gasteiger partial charge is 0.324 e. The maximum absolute atomic E-state index is 13.6. The SMILES string of the molecule is COc1cc(-c2cn(C)c(=O)c3ccsc23)cc(OC)c1CN1CCC2(CC1)CN(c1ccc3c(c1)C(O)N(C1CCC(=O)N(COC(=O)[C@@H](N)C(C)C)C1=O)C3=O)C2. The van der Waals surface area contributed by atoms with Crippen molar-refractivity contribution < 1.29 is 38.5 Å². The number of aromatic nitrogens is 1. The highest BCUT2D eigenvalue weighted by molar-refractivity contribution is 7.17. The molecule has 4 aliphatic rings. The summed E-state index contributed by atoms with van der Waals surface area (Å²) in [4.78, 5) is 71.5. The van der Waals surface area contributed by atoms with Gasteiger partial charge in [0.15, 0.2) is 13.0 Å². The minimum Gasteiger partial charge on any atom is -0.496 e. The number of aliphatic hydroxyl groups is 1. The van der Waals surface area contributed by atoms with E-state index < -0.39 is 48.7 Å². The number of benzene rings is 2. The molecule has 2 unspecified atom stereocenters. The number of nitrogens with two attached hydrogens (primary N) is 1. The van der Waals surface area contributed by atoms with Gasteiger partial charge in [0.05, 0.1) is 25.2 Å². The van der Waals surface area contributed by atoms with E-state index in [1.807, 2.05) is 41.9 Å². The lowest BCUT2D eigenvalue weighted by Crippen LogP contribution is -2.60. The van der Waals surface area contributed by atoms with E-state index in [0.29, 0.717) is 23.1 Å². The van der Waals surface area contributed by atoms with Crippen LogP contribution < -0.4 is 25.7 Å². The second-order valence-electron chi connectivity index (χ2n) is 16.5. The van der Waals surface area contributed by atoms with Gasteiger partial charge in [-0.3, -0.25) is 33.8 Å². The number of piperidine rings is 2. The zero-order valence-electron chi connectivity index (χ0n) is 33.9. The molecule has 1 spiro atoms. The van der Waals surface area contributed by atoms with Gasteiger partial charge in [-0.05, 0) is 85.6 Å². The van der Waals surface area contributed by atoms with E-state index in [2.05, 4.69) is 9.80 Å². The van der Waals surface area contributed by atoms with Gasteiger partial charge >= 0.3 is 5.97 Å². The van der Waals surface area contributed by atoms with Gasteiger partial charge in [-0.2, -0.15) is 0 Å². The topological polar surface area (TPSA) is 177 Å². The van der Waals surface area contributed by atoms with Crippen molar-refractivity contribution in [3.8, 4) is 22.6 Å². The van der Waals surface area contributed by atoms with Gasteiger partial charge in [0.25, 0.3) is 17.4 Å². The first-order valence-corrected chi connectivity index (χ1v) is 20.8. The Labute approximate surface area is 345 Å². The number of aryl methyl sites for hydroxylation is 1. The van der Waals surface area contributed by atoms with Crippen molar-refractivity contribution in [1.29, 1.82) is 0 Å². The number of thiophene rings is 1. The molecule has 16 heteroatoms. The molecule has 4 aromatic rings. The third kappa shape index (κ3) is 7.15. The summed E-state index contributed by atoms with van der Waals surface area (Å²) >= 11 is 1.54. The Morgan fingerprint density at radius 2 is 1.69 bits per heavy atom.